The van der Waals surface area contributed by atoms with Crippen LogP contribution in [0.2, 0.25) is 0 Å². The summed E-state index contributed by atoms with van der Waals surface area (Å²) in [6, 6.07) is 0.162. The molecular weight excluding hydrogens is 252 g/mol. The monoisotopic (exact) mass is 278 g/mol. The number of hydrogen-bond acceptors (Lipinski definition) is 3. The van der Waals surface area contributed by atoms with Gasteiger partial charge in [0.2, 0.25) is 0 Å². The van der Waals surface area contributed by atoms with Crippen molar-refractivity contribution in [1.29, 1.82) is 0 Å². The smallest absolute Gasteiger partial charge is 0.257 e. The molecule has 1 aromatic rings. The molecule has 2 N–H and O–H groups in total. The van der Waals surface area contributed by atoms with Gasteiger partial charge in [0.1, 0.15) is 11.5 Å². The summed E-state index contributed by atoms with van der Waals surface area (Å²) < 4.78 is 5.59. The standard InChI is InChI=1S/C16H26N2O2/c1-5-13-6-7-18(14(8-13)9-17)16(19)15-10(2)11(3)20-12(15)4/h13-14H,5-9,17H2,1-4H3. The Bertz CT molecular complexity index is 493. The molecule has 1 fully saturated rings. The topological polar surface area (TPSA) is 59.5 Å². The maximum absolute atomic E-state index is 12.8. The Labute approximate surface area is 121 Å². The summed E-state index contributed by atoms with van der Waals surface area (Å²) in [6.45, 7) is 9.28. The van der Waals surface area contributed by atoms with Crippen LogP contribution in [0.1, 0.15) is 53.6 Å². The van der Waals surface area contributed by atoms with E-state index in [9.17, 15) is 4.79 Å². The summed E-state index contributed by atoms with van der Waals surface area (Å²) in [6.07, 6.45) is 3.27. The molecule has 1 aromatic heterocycles. The molecule has 20 heavy (non-hydrogen) atoms. The van der Waals surface area contributed by atoms with Gasteiger partial charge in [-0.2, -0.15) is 0 Å². The average Bonchev–Trinajstić information content (AvgIpc) is 2.70. The van der Waals surface area contributed by atoms with Gasteiger partial charge in [0, 0.05) is 24.7 Å². The molecule has 4 heteroatoms. The summed E-state index contributed by atoms with van der Waals surface area (Å²) >= 11 is 0. The minimum Gasteiger partial charge on any atom is -0.466 e. The number of carbonyl (C=O) groups excluding carboxylic acids is 1. The van der Waals surface area contributed by atoms with Crippen molar-refractivity contribution in [1.82, 2.24) is 4.90 Å². The van der Waals surface area contributed by atoms with Crippen molar-refractivity contribution < 1.29 is 9.21 Å². The number of rotatable bonds is 3. The average molecular weight is 278 g/mol. The largest absolute Gasteiger partial charge is 0.466 e. The van der Waals surface area contributed by atoms with E-state index in [4.69, 9.17) is 10.2 Å². The van der Waals surface area contributed by atoms with Gasteiger partial charge in [0.05, 0.1) is 5.56 Å². The highest BCUT2D eigenvalue weighted by molar-refractivity contribution is 5.97. The number of furan rings is 1. The van der Waals surface area contributed by atoms with Gasteiger partial charge in [-0.1, -0.05) is 13.3 Å². The molecule has 1 aliphatic rings. The van der Waals surface area contributed by atoms with E-state index >= 15 is 0 Å². The molecule has 1 aliphatic heterocycles. The number of piperidine rings is 1. The molecule has 1 amide bonds. The van der Waals surface area contributed by atoms with Crippen LogP contribution in [-0.2, 0) is 0 Å². The number of hydrogen-bond donors (Lipinski definition) is 1. The number of amides is 1. The van der Waals surface area contributed by atoms with Gasteiger partial charge in [-0.25, -0.2) is 0 Å². The molecule has 0 saturated carbocycles. The van der Waals surface area contributed by atoms with Crippen LogP contribution < -0.4 is 5.73 Å². The number of nitrogens with zero attached hydrogens (tertiary/aromatic N) is 1. The van der Waals surface area contributed by atoms with Gasteiger partial charge in [0.15, 0.2) is 0 Å². The van der Waals surface area contributed by atoms with Crippen LogP contribution in [0, 0.1) is 26.7 Å². The van der Waals surface area contributed by atoms with Gasteiger partial charge in [-0.3, -0.25) is 4.79 Å². The summed E-state index contributed by atoms with van der Waals surface area (Å²) in [5.41, 5.74) is 7.58. The zero-order chi connectivity index (χ0) is 14.9. The van der Waals surface area contributed by atoms with Crippen LogP contribution >= 0.6 is 0 Å². The fraction of sp³-hybridized carbons (Fsp3) is 0.688. The number of likely N-dealkylation sites (tertiary alicyclic amines) is 1. The van der Waals surface area contributed by atoms with Crippen LogP contribution in [0.25, 0.3) is 0 Å². The van der Waals surface area contributed by atoms with Crippen LogP contribution in [0.3, 0.4) is 0 Å². The van der Waals surface area contributed by atoms with Crippen molar-refractivity contribution in [2.75, 3.05) is 13.1 Å². The minimum atomic E-state index is 0.0850. The third kappa shape index (κ3) is 2.62. The number of nitrogens with two attached hydrogens (primary N) is 1. The van der Waals surface area contributed by atoms with Crippen LogP contribution in [0.5, 0.6) is 0 Å². The first kappa shape index (κ1) is 15.1. The first-order valence-electron chi connectivity index (χ1n) is 7.57. The zero-order valence-corrected chi connectivity index (χ0v) is 13.0. The molecule has 0 aliphatic carbocycles. The number of aryl methyl sites for hydroxylation is 2. The molecule has 2 heterocycles. The zero-order valence-electron chi connectivity index (χ0n) is 13.0. The lowest BCUT2D eigenvalue weighted by molar-refractivity contribution is 0.0556. The third-order valence-corrected chi connectivity index (χ3v) is 4.71. The Hall–Kier alpha value is -1.29. The van der Waals surface area contributed by atoms with Crippen LogP contribution in [0.15, 0.2) is 4.42 Å². The molecule has 0 radical (unpaired) electrons. The Balaban J connectivity index is 2.24. The molecule has 0 spiro atoms. The van der Waals surface area contributed by atoms with E-state index in [0.29, 0.717) is 12.5 Å². The van der Waals surface area contributed by atoms with Gasteiger partial charge in [-0.15, -0.1) is 0 Å². The fourth-order valence-electron chi connectivity index (χ4n) is 3.25. The molecule has 1 saturated heterocycles. The molecule has 0 aromatic carbocycles. The van der Waals surface area contributed by atoms with Gasteiger partial charge in [-0.05, 0) is 39.5 Å². The summed E-state index contributed by atoms with van der Waals surface area (Å²) in [5.74, 6) is 2.33. The van der Waals surface area contributed by atoms with E-state index < -0.39 is 0 Å². The van der Waals surface area contributed by atoms with Crippen molar-refractivity contribution in [2.45, 2.75) is 53.0 Å². The highest BCUT2D eigenvalue weighted by atomic mass is 16.3. The molecule has 2 unspecified atom stereocenters. The number of carbonyl (C=O) groups is 1. The third-order valence-electron chi connectivity index (χ3n) is 4.71. The van der Waals surface area contributed by atoms with Crippen molar-refractivity contribution in [3.05, 3.63) is 22.6 Å². The van der Waals surface area contributed by atoms with E-state index in [2.05, 4.69) is 6.92 Å². The Kier molecular flexibility index (Phi) is 4.53. The molecule has 112 valence electrons. The van der Waals surface area contributed by atoms with E-state index in [1.54, 1.807) is 0 Å². The van der Waals surface area contributed by atoms with Gasteiger partial charge >= 0.3 is 0 Å². The van der Waals surface area contributed by atoms with Crippen molar-refractivity contribution in [2.24, 2.45) is 11.7 Å². The first-order valence-corrected chi connectivity index (χ1v) is 7.57. The first-order chi connectivity index (χ1) is 9.49. The highest BCUT2D eigenvalue weighted by Gasteiger charge is 2.33. The fourth-order valence-corrected chi connectivity index (χ4v) is 3.25. The summed E-state index contributed by atoms with van der Waals surface area (Å²) in [4.78, 5) is 14.8. The molecule has 0 bridgehead atoms. The van der Waals surface area contributed by atoms with E-state index in [1.165, 1.54) is 6.42 Å². The molecular formula is C16H26N2O2. The maximum Gasteiger partial charge on any atom is 0.257 e. The Morgan fingerprint density at radius 3 is 2.55 bits per heavy atom. The minimum absolute atomic E-state index is 0.0850. The predicted octanol–water partition coefficient (Wildman–Crippen LogP) is 2.79. The second kappa shape index (κ2) is 6.00. The molecule has 4 nitrogen and oxygen atoms in total. The lowest BCUT2D eigenvalue weighted by atomic mass is 9.88. The summed E-state index contributed by atoms with van der Waals surface area (Å²) in [5, 5.41) is 0. The van der Waals surface area contributed by atoms with E-state index in [1.807, 2.05) is 25.7 Å². The predicted molar refractivity (Wildman–Crippen MR) is 79.8 cm³/mol. The van der Waals surface area contributed by atoms with E-state index in [-0.39, 0.29) is 11.9 Å². The lowest BCUT2D eigenvalue weighted by Crippen LogP contribution is -2.49. The second-order valence-electron chi connectivity index (χ2n) is 5.90. The van der Waals surface area contributed by atoms with Crippen molar-refractivity contribution in [3.63, 3.8) is 0 Å². The van der Waals surface area contributed by atoms with Crippen molar-refractivity contribution in [3.8, 4) is 0 Å². The van der Waals surface area contributed by atoms with Crippen LogP contribution in [-0.4, -0.2) is 29.9 Å². The Morgan fingerprint density at radius 2 is 2.05 bits per heavy atom. The Morgan fingerprint density at radius 1 is 1.35 bits per heavy atom. The molecule has 2 rings (SSSR count). The van der Waals surface area contributed by atoms with Gasteiger partial charge < -0.3 is 15.1 Å². The highest BCUT2D eigenvalue weighted by Crippen LogP contribution is 2.29. The van der Waals surface area contributed by atoms with E-state index in [0.717, 1.165) is 42.0 Å². The normalized spacial score (nSPS) is 23.1. The lowest BCUT2D eigenvalue weighted by Gasteiger charge is -2.39. The quantitative estimate of drug-likeness (QED) is 0.925. The molecule has 2 atom stereocenters. The second-order valence-corrected chi connectivity index (χ2v) is 5.90. The summed E-state index contributed by atoms with van der Waals surface area (Å²) in [7, 11) is 0. The maximum atomic E-state index is 12.8. The van der Waals surface area contributed by atoms with Crippen LogP contribution in [0.4, 0.5) is 0 Å². The van der Waals surface area contributed by atoms with Crippen molar-refractivity contribution >= 4 is 5.91 Å². The SMILES string of the molecule is CCC1CCN(C(=O)c2c(C)oc(C)c2C)C(CN)C1. The van der Waals surface area contributed by atoms with Gasteiger partial charge in [0.25, 0.3) is 5.91 Å².